The molecule has 0 amide bonds. The molecule has 24 heavy (non-hydrogen) atoms. The third-order valence-corrected chi connectivity index (χ3v) is 5.40. The molecule has 1 aliphatic heterocycles. The molecule has 0 aliphatic carbocycles. The van der Waals surface area contributed by atoms with E-state index in [-0.39, 0.29) is 5.44 Å². The second-order valence-corrected chi connectivity index (χ2v) is 7.11. The predicted octanol–water partition coefficient (Wildman–Crippen LogP) is 5.76. The van der Waals surface area contributed by atoms with Gasteiger partial charge in [-0.05, 0) is 37.1 Å². The zero-order valence-corrected chi connectivity index (χ0v) is 14.6. The Kier molecular flexibility index (Phi) is 4.50. The molecule has 5 heteroatoms. The van der Waals surface area contributed by atoms with Crippen molar-refractivity contribution in [1.82, 2.24) is 4.98 Å². The summed E-state index contributed by atoms with van der Waals surface area (Å²) in [6.45, 7) is 0. The fourth-order valence-corrected chi connectivity index (χ4v) is 4.08. The van der Waals surface area contributed by atoms with Gasteiger partial charge in [-0.1, -0.05) is 30.3 Å². The number of anilines is 2. The summed E-state index contributed by atoms with van der Waals surface area (Å²) < 4.78 is 8.33. The van der Waals surface area contributed by atoms with Gasteiger partial charge in [0.25, 0.3) is 0 Å². The molecule has 1 atom stereocenters. The smallest absolute Gasteiger partial charge is 0.163 e. The van der Waals surface area contributed by atoms with E-state index < -0.39 is 0 Å². The summed E-state index contributed by atoms with van der Waals surface area (Å²) in [5.41, 5.74) is 3.18. The van der Waals surface area contributed by atoms with Crippen LogP contribution < -0.4 is 9.04 Å². The van der Waals surface area contributed by atoms with Crippen molar-refractivity contribution in [3.8, 4) is 5.75 Å². The first-order valence-corrected chi connectivity index (χ1v) is 9.35. The number of pyridine rings is 1. The largest absolute Gasteiger partial charge is 0.476 e. The summed E-state index contributed by atoms with van der Waals surface area (Å²) >= 11 is 7.54. The number of ether oxygens (including phenoxy) is 1. The lowest BCUT2D eigenvalue weighted by atomic mass is 10.2. The van der Waals surface area contributed by atoms with Crippen molar-refractivity contribution in [3.63, 3.8) is 0 Å². The van der Waals surface area contributed by atoms with Gasteiger partial charge in [-0.25, -0.2) is 0 Å². The molecule has 4 rings (SSSR count). The third-order valence-electron chi connectivity index (χ3n) is 3.95. The van der Waals surface area contributed by atoms with Crippen LogP contribution in [0.3, 0.4) is 0 Å². The first-order chi connectivity index (χ1) is 11.8. The van der Waals surface area contributed by atoms with Crippen LogP contribution in [0.25, 0.3) is 10.9 Å². The van der Waals surface area contributed by atoms with Crippen molar-refractivity contribution in [3.05, 3.63) is 60.8 Å². The van der Waals surface area contributed by atoms with Crippen LogP contribution in [0.1, 0.15) is 12.8 Å². The minimum absolute atomic E-state index is 0.0603. The Morgan fingerprint density at radius 2 is 1.96 bits per heavy atom. The van der Waals surface area contributed by atoms with Crippen LogP contribution in [0.5, 0.6) is 5.75 Å². The number of aromatic nitrogens is 1. The number of benzene rings is 2. The molecule has 2 aromatic carbocycles. The lowest BCUT2D eigenvalue weighted by molar-refractivity contribution is 0.273. The number of alkyl halides is 1. The minimum atomic E-state index is 0.0603. The molecular formula is C19H17ClN2OS. The van der Waals surface area contributed by atoms with Crippen molar-refractivity contribution in [1.29, 1.82) is 0 Å². The van der Waals surface area contributed by atoms with E-state index in [4.69, 9.17) is 16.3 Å². The second-order valence-electron chi connectivity index (χ2n) is 5.63. The van der Waals surface area contributed by atoms with Gasteiger partial charge in [-0.2, -0.15) is 0 Å². The predicted molar refractivity (Wildman–Crippen MR) is 102 cm³/mol. The van der Waals surface area contributed by atoms with Gasteiger partial charge in [0.15, 0.2) is 5.44 Å². The maximum atomic E-state index is 6.12. The van der Waals surface area contributed by atoms with E-state index >= 15 is 0 Å². The Bertz CT molecular complexity index is 857. The van der Waals surface area contributed by atoms with E-state index in [2.05, 4.69) is 27.5 Å². The lowest BCUT2D eigenvalue weighted by Gasteiger charge is -2.34. The number of hydrogen-bond acceptors (Lipinski definition) is 4. The second kappa shape index (κ2) is 6.91. The highest BCUT2D eigenvalue weighted by molar-refractivity contribution is 8.01. The van der Waals surface area contributed by atoms with Crippen LogP contribution in [0.15, 0.2) is 60.8 Å². The van der Waals surface area contributed by atoms with Crippen LogP contribution in [0.2, 0.25) is 0 Å². The molecule has 0 spiro atoms. The number of nitrogens with zero attached hydrogens (tertiary/aromatic N) is 2. The molecule has 1 unspecified atom stereocenters. The third kappa shape index (κ3) is 3.04. The summed E-state index contributed by atoms with van der Waals surface area (Å²) in [6.07, 6.45) is 3.78. The lowest BCUT2D eigenvalue weighted by Crippen LogP contribution is -2.25. The van der Waals surface area contributed by atoms with E-state index in [0.29, 0.717) is 5.88 Å². The topological polar surface area (TPSA) is 25.4 Å². The van der Waals surface area contributed by atoms with Crippen molar-refractivity contribution in [2.75, 3.05) is 10.2 Å². The fourth-order valence-electron chi connectivity index (χ4n) is 2.79. The van der Waals surface area contributed by atoms with Crippen LogP contribution >= 0.6 is 23.5 Å². The summed E-state index contributed by atoms with van der Waals surface area (Å²) in [4.78, 5) is 4.60. The Labute approximate surface area is 150 Å². The highest BCUT2D eigenvalue weighted by Crippen LogP contribution is 2.46. The first-order valence-electron chi connectivity index (χ1n) is 7.98. The van der Waals surface area contributed by atoms with Gasteiger partial charge >= 0.3 is 0 Å². The van der Waals surface area contributed by atoms with Crippen molar-refractivity contribution in [2.24, 2.45) is 0 Å². The molecule has 0 saturated heterocycles. The quantitative estimate of drug-likeness (QED) is 0.438. The molecule has 0 saturated carbocycles. The SMILES string of the molecule is ClCCCC1Oc2ccccc2N(c2cnc3ccccc3c2)S1. The van der Waals surface area contributed by atoms with Crippen LogP contribution in [-0.2, 0) is 0 Å². The van der Waals surface area contributed by atoms with E-state index in [1.165, 1.54) is 0 Å². The Hall–Kier alpha value is -1.91. The van der Waals surface area contributed by atoms with Gasteiger partial charge in [-0.3, -0.25) is 9.29 Å². The van der Waals surface area contributed by atoms with Gasteiger partial charge in [0.1, 0.15) is 5.75 Å². The van der Waals surface area contributed by atoms with Gasteiger partial charge in [0.05, 0.1) is 23.1 Å². The highest BCUT2D eigenvalue weighted by Gasteiger charge is 2.27. The average molecular weight is 357 g/mol. The monoisotopic (exact) mass is 356 g/mol. The molecule has 2 heterocycles. The summed E-state index contributed by atoms with van der Waals surface area (Å²) in [7, 11) is 0. The van der Waals surface area contributed by atoms with Gasteiger partial charge < -0.3 is 4.74 Å². The molecule has 0 fully saturated rings. The number of halogens is 1. The van der Waals surface area contributed by atoms with Gasteiger partial charge in [-0.15, -0.1) is 11.6 Å². The fraction of sp³-hybridized carbons (Fsp3) is 0.211. The van der Waals surface area contributed by atoms with Crippen molar-refractivity contribution >= 4 is 45.8 Å². The van der Waals surface area contributed by atoms with Crippen molar-refractivity contribution < 1.29 is 4.74 Å². The Morgan fingerprint density at radius 3 is 2.88 bits per heavy atom. The molecule has 122 valence electrons. The molecule has 1 aromatic heterocycles. The zero-order chi connectivity index (χ0) is 16.4. The van der Waals surface area contributed by atoms with E-state index in [1.54, 1.807) is 11.9 Å². The normalized spacial score (nSPS) is 16.7. The zero-order valence-electron chi connectivity index (χ0n) is 13.1. The molecule has 1 aliphatic rings. The number of hydrogen-bond donors (Lipinski definition) is 0. The molecule has 0 radical (unpaired) electrons. The maximum absolute atomic E-state index is 6.12. The van der Waals surface area contributed by atoms with E-state index in [1.807, 2.05) is 42.6 Å². The first kappa shape index (κ1) is 15.6. The molecule has 0 N–H and O–H groups in total. The van der Waals surface area contributed by atoms with Gasteiger partial charge in [0, 0.05) is 23.2 Å². The van der Waals surface area contributed by atoms with E-state index in [0.717, 1.165) is 40.9 Å². The Balaban J connectivity index is 1.73. The number of rotatable bonds is 4. The maximum Gasteiger partial charge on any atom is 0.163 e. The molecule has 0 bridgehead atoms. The van der Waals surface area contributed by atoms with Gasteiger partial charge in [0.2, 0.25) is 0 Å². The standard InChI is InChI=1S/C19H17ClN2OS/c20-11-5-10-19-23-18-9-4-3-8-17(18)22(24-19)15-12-14-6-1-2-7-16(14)21-13-15/h1-4,6-9,12-13,19H,5,10-11H2. The van der Waals surface area contributed by atoms with Crippen molar-refractivity contribution in [2.45, 2.75) is 18.3 Å². The number of fused-ring (bicyclic) bond motifs is 2. The Morgan fingerprint density at radius 1 is 1.12 bits per heavy atom. The number of para-hydroxylation sites is 3. The summed E-state index contributed by atoms with van der Waals surface area (Å²) in [5, 5.41) is 1.14. The van der Waals surface area contributed by atoms with Crippen LogP contribution in [-0.4, -0.2) is 16.3 Å². The highest BCUT2D eigenvalue weighted by atomic mass is 35.5. The molecule has 3 aromatic rings. The van der Waals surface area contributed by atoms with E-state index in [9.17, 15) is 0 Å². The van der Waals surface area contributed by atoms with Crippen LogP contribution in [0, 0.1) is 0 Å². The summed E-state index contributed by atoms with van der Waals surface area (Å²) in [6, 6.07) is 18.5. The summed E-state index contributed by atoms with van der Waals surface area (Å²) in [5.74, 6) is 1.56. The minimum Gasteiger partial charge on any atom is -0.476 e. The average Bonchev–Trinajstić information content (AvgIpc) is 2.65. The molecule has 3 nitrogen and oxygen atoms in total. The molecular weight excluding hydrogens is 340 g/mol. The van der Waals surface area contributed by atoms with Crippen LogP contribution in [0.4, 0.5) is 11.4 Å².